The Morgan fingerprint density at radius 1 is 1.09 bits per heavy atom. The number of hydrogen-bond donors (Lipinski definition) is 0. The van der Waals surface area contributed by atoms with Crippen molar-refractivity contribution < 1.29 is 82.9 Å². The van der Waals surface area contributed by atoms with E-state index in [2.05, 4.69) is 0 Å². The maximum absolute atomic E-state index is 8.55. The summed E-state index contributed by atoms with van der Waals surface area (Å²) in [6.07, 6.45) is 0. The van der Waals surface area contributed by atoms with Crippen LogP contribution in [0.2, 0.25) is 0 Å². The molecule has 11 heavy (non-hydrogen) atoms. The van der Waals surface area contributed by atoms with Crippen LogP contribution in [0.5, 0.6) is 0 Å². The fraction of sp³-hybridized carbons (Fsp3) is 0. The van der Waals surface area contributed by atoms with Crippen molar-refractivity contribution in [2.24, 2.45) is 0 Å². The minimum Gasteiger partial charge on any atom is -0.822 e. The first-order valence-electron chi connectivity index (χ1n) is 0.730. The summed E-state index contributed by atoms with van der Waals surface area (Å²) in [6, 6.07) is 0. The van der Waals surface area contributed by atoms with E-state index in [-0.39, 0.29) is 142 Å². The molecule has 0 amide bonds. The smallest absolute Gasteiger partial charge is 0.822 e. The van der Waals surface area contributed by atoms with Gasteiger partial charge >= 0.3 is 142 Å². The number of hydrogen-bond acceptors (Lipinski definition) is 4. The second-order valence-corrected chi connectivity index (χ2v) is 1.34. The first-order valence-corrected chi connectivity index (χ1v) is 2.19. The third kappa shape index (κ3) is 107. The first kappa shape index (κ1) is 44.8. The van der Waals surface area contributed by atoms with Crippen molar-refractivity contribution >= 4 is 86.0 Å². The van der Waals surface area contributed by atoms with E-state index in [1.165, 1.54) is 0 Å². The summed E-state index contributed by atoms with van der Waals surface area (Å²) in [5, 5.41) is 0. The Morgan fingerprint density at radius 2 is 1.09 bits per heavy atom. The normalized spacial score (nSPS) is 5.36. The van der Waals surface area contributed by atoms with Gasteiger partial charge in [-0.2, -0.15) is 7.82 Å². The fourth-order valence-electron chi connectivity index (χ4n) is 0. The van der Waals surface area contributed by atoms with Crippen molar-refractivity contribution in [3.05, 3.63) is 0 Å². The molecule has 11 heteroatoms. The molecule has 0 saturated carbocycles. The van der Waals surface area contributed by atoms with Gasteiger partial charge in [0.15, 0.2) is 0 Å². The van der Waals surface area contributed by atoms with Gasteiger partial charge in [-0.25, -0.2) is 0 Å². The largest absolute Gasteiger partial charge is 3.00 e. The molecule has 0 aromatic heterocycles. The van der Waals surface area contributed by atoms with Crippen LogP contribution in [-0.4, -0.2) is 78.2 Å². The average molecular weight is 320 g/mol. The molecule has 0 aliphatic heterocycles. The molecule has 0 rings (SSSR count). The van der Waals surface area contributed by atoms with E-state index in [0.29, 0.717) is 0 Å². The molecule has 0 saturated heterocycles. The van der Waals surface area contributed by atoms with Crippen LogP contribution in [0, 0.1) is 0 Å². The summed E-state index contributed by atoms with van der Waals surface area (Å²) in [7, 11) is -5.39. The Morgan fingerprint density at radius 3 is 1.09 bits per heavy atom. The molecule has 0 bridgehead atoms. The molecular formula is AlCaFeMgMnNaO4P+9. The number of phosphoric acid groups is 1. The van der Waals surface area contributed by atoms with Crippen LogP contribution in [0.4, 0.5) is 0 Å². The molecule has 1 radical (unpaired) electrons. The fourth-order valence-corrected chi connectivity index (χ4v) is 0. The summed E-state index contributed by atoms with van der Waals surface area (Å²) < 4.78 is 8.55. The van der Waals surface area contributed by atoms with Gasteiger partial charge in [0.25, 0.3) is 0 Å². The van der Waals surface area contributed by atoms with Crippen molar-refractivity contribution in [1.29, 1.82) is 0 Å². The third-order valence-corrected chi connectivity index (χ3v) is 0. The van der Waals surface area contributed by atoms with Gasteiger partial charge in [0.1, 0.15) is 0 Å². The van der Waals surface area contributed by atoms with Crippen molar-refractivity contribution in [2.75, 3.05) is 0 Å². The molecule has 0 unspecified atom stereocenters. The van der Waals surface area contributed by atoms with E-state index in [1.807, 2.05) is 0 Å². The second-order valence-electron chi connectivity index (χ2n) is 0.447. The van der Waals surface area contributed by atoms with E-state index >= 15 is 0 Å². The minimum absolute atomic E-state index is 0. The summed E-state index contributed by atoms with van der Waals surface area (Å²) in [5.41, 5.74) is 0. The maximum Gasteiger partial charge on any atom is 3.00 e. The standard InChI is InChI=1S/Al.Ca.Fe.Mg.Mn.Na.H3O4P/c;;;;;;1-5(2,3)4/h;;;;;;(H3,1,2,3,4)/q+3;4*+2;+1;/p-3. The Balaban J connectivity index is -0.00000000533. The molecule has 0 aromatic carbocycles. The van der Waals surface area contributed by atoms with Gasteiger partial charge in [0.2, 0.25) is 0 Å². The zero-order valence-corrected chi connectivity index (χ0v) is 15.8. The Labute approximate surface area is 165 Å². The molecule has 0 aliphatic carbocycles. The molecule has 0 aliphatic rings. The van der Waals surface area contributed by atoms with Crippen LogP contribution in [-0.2, 0) is 38.7 Å². The van der Waals surface area contributed by atoms with E-state index in [1.54, 1.807) is 0 Å². The van der Waals surface area contributed by atoms with Crippen molar-refractivity contribution in [3.8, 4) is 0 Å². The van der Waals surface area contributed by atoms with Crippen LogP contribution >= 0.6 is 7.82 Å². The van der Waals surface area contributed by atoms with E-state index < -0.39 is 7.82 Å². The average Bonchev–Trinajstić information content (AvgIpc) is 0.722. The summed E-state index contributed by atoms with van der Waals surface area (Å²) in [4.78, 5) is 25.6. The first-order chi connectivity index (χ1) is 2.00. The number of rotatable bonds is 0. The molecule has 4 nitrogen and oxygen atoms in total. The molecule has 0 aromatic rings. The van der Waals surface area contributed by atoms with Crippen molar-refractivity contribution in [2.45, 2.75) is 0 Å². The zero-order chi connectivity index (χ0) is 4.50. The third-order valence-electron chi connectivity index (χ3n) is 0. The quantitative estimate of drug-likeness (QED) is 0.328. The molecule has 0 N–H and O–H groups in total. The van der Waals surface area contributed by atoms with Crippen LogP contribution in [0.15, 0.2) is 0 Å². The van der Waals surface area contributed by atoms with Gasteiger partial charge in [0.05, 0.1) is 0 Å². The molecule has 43 valence electrons. The van der Waals surface area contributed by atoms with Gasteiger partial charge in [-0.3, -0.25) is 0 Å². The van der Waals surface area contributed by atoms with Gasteiger partial charge < -0.3 is 19.2 Å². The van der Waals surface area contributed by atoms with Gasteiger partial charge in [-0.15, -0.1) is 0 Å². The summed E-state index contributed by atoms with van der Waals surface area (Å²) in [5.74, 6) is 0. The summed E-state index contributed by atoms with van der Waals surface area (Å²) in [6.45, 7) is 0. The van der Waals surface area contributed by atoms with Gasteiger partial charge in [-0.05, 0) is 0 Å². The monoisotopic (exact) mass is 320 g/mol. The Hall–Kier alpha value is 4.71. The molecular weight excluding hydrogens is 320 g/mol. The SMILES string of the molecule is O=P([O-])([O-])[O-].[Al+3].[Ca+2].[Fe+2].[Mg+2].[Mn+2].[Na+]. The second kappa shape index (κ2) is 24.1. The zero-order valence-electron chi connectivity index (χ0n) is 5.80. The predicted octanol–water partition coefficient (Wildman–Crippen LogP) is -6.97. The van der Waals surface area contributed by atoms with Gasteiger partial charge in [0, 0.05) is 0 Å². The topological polar surface area (TPSA) is 86.2 Å². The van der Waals surface area contributed by atoms with Gasteiger partial charge in [-0.1, -0.05) is 0 Å². The minimum atomic E-state index is -5.39. The molecule has 0 spiro atoms. The van der Waals surface area contributed by atoms with Crippen LogP contribution in [0.25, 0.3) is 0 Å². The van der Waals surface area contributed by atoms with E-state index in [4.69, 9.17) is 19.2 Å². The molecule has 0 atom stereocenters. The molecule has 0 heterocycles. The van der Waals surface area contributed by atoms with E-state index in [0.717, 1.165) is 0 Å². The van der Waals surface area contributed by atoms with E-state index in [9.17, 15) is 0 Å². The maximum atomic E-state index is 8.55. The van der Waals surface area contributed by atoms with Crippen molar-refractivity contribution in [3.63, 3.8) is 0 Å². The predicted molar refractivity (Wildman–Crippen MR) is 24.9 cm³/mol. The van der Waals surface area contributed by atoms with Crippen LogP contribution in [0.1, 0.15) is 0 Å². The van der Waals surface area contributed by atoms with Crippen LogP contribution in [0.3, 0.4) is 0 Å². The Kier molecular flexibility index (Phi) is 98.2. The molecule has 0 fully saturated rings. The van der Waals surface area contributed by atoms with Crippen LogP contribution < -0.4 is 44.2 Å². The van der Waals surface area contributed by atoms with Crippen molar-refractivity contribution in [1.82, 2.24) is 0 Å². The Bertz CT molecular complexity index is 76.2. The summed E-state index contributed by atoms with van der Waals surface area (Å²) >= 11 is 0.